The summed E-state index contributed by atoms with van der Waals surface area (Å²) in [5.41, 5.74) is 7.77. The third kappa shape index (κ3) is 2.74. The van der Waals surface area contributed by atoms with Crippen LogP contribution in [-0.2, 0) is 19.4 Å². The third-order valence-electron chi connectivity index (χ3n) is 4.73. The molecule has 114 valence electrons. The summed E-state index contributed by atoms with van der Waals surface area (Å²) in [5.74, 6) is 0. The fourth-order valence-electron chi connectivity index (χ4n) is 3.32. The van der Waals surface area contributed by atoms with Gasteiger partial charge in [-0.15, -0.1) is 0 Å². The van der Waals surface area contributed by atoms with Crippen LogP contribution in [-0.4, -0.2) is 27.5 Å². The van der Waals surface area contributed by atoms with Gasteiger partial charge in [0.25, 0.3) is 0 Å². The van der Waals surface area contributed by atoms with Crippen molar-refractivity contribution in [3.63, 3.8) is 0 Å². The highest BCUT2D eigenvalue weighted by atomic mass is 35.5. The molecule has 1 aliphatic rings. The Hall–Kier alpha value is -0.580. The topological polar surface area (TPSA) is 64.1 Å². The lowest BCUT2D eigenvalue weighted by molar-refractivity contribution is -0.00704. The highest BCUT2D eigenvalue weighted by Gasteiger charge is 2.40. The maximum atomic E-state index is 10.4. The minimum atomic E-state index is -0.331. The average Bonchev–Trinajstić information content (AvgIpc) is 2.77. The molecule has 1 fully saturated rings. The molecule has 2 unspecified atom stereocenters. The smallest absolute Gasteiger partial charge is 0.0850 e. The molecule has 0 aliphatic heterocycles. The van der Waals surface area contributed by atoms with Gasteiger partial charge in [0.15, 0.2) is 0 Å². The van der Waals surface area contributed by atoms with Crippen molar-refractivity contribution >= 4 is 11.6 Å². The van der Waals surface area contributed by atoms with Crippen molar-refractivity contribution in [2.75, 3.05) is 6.54 Å². The van der Waals surface area contributed by atoms with Gasteiger partial charge in [0.2, 0.25) is 0 Å². The lowest BCUT2D eigenvalue weighted by atomic mass is 9.69. The summed E-state index contributed by atoms with van der Waals surface area (Å²) in [4.78, 5) is 0. The van der Waals surface area contributed by atoms with E-state index in [0.29, 0.717) is 6.54 Å². The molecule has 3 N–H and O–H groups in total. The molecule has 1 aliphatic carbocycles. The summed E-state index contributed by atoms with van der Waals surface area (Å²) in [6.45, 7) is 5.43. The van der Waals surface area contributed by atoms with E-state index in [1.165, 1.54) is 0 Å². The summed E-state index contributed by atoms with van der Waals surface area (Å²) in [6, 6.07) is 0. The Morgan fingerprint density at radius 3 is 2.75 bits per heavy atom. The Morgan fingerprint density at radius 2 is 2.20 bits per heavy atom. The molecule has 0 radical (unpaired) electrons. The molecule has 1 saturated carbocycles. The van der Waals surface area contributed by atoms with Gasteiger partial charge < -0.3 is 10.8 Å². The highest BCUT2D eigenvalue weighted by molar-refractivity contribution is 6.31. The van der Waals surface area contributed by atoms with E-state index in [1.807, 2.05) is 4.68 Å². The average molecular weight is 300 g/mol. The Labute approximate surface area is 126 Å². The third-order valence-corrected chi connectivity index (χ3v) is 5.17. The van der Waals surface area contributed by atoms with Gasteiger partial charge in [-0.05, 0) is 26.2 Å². The number of hydrogen-bond donors (Lipinski definition) is 2. The zero-order valence-electron chi connectivity index (χ0n) is 12.5. The molecule has 0 amide bonds. The van der Waals surface area contributed by atoms with E-state index >= 15 is 0 Å². The predicted molar refractivity (Wildman–Crippen MR) is 82.0 cm³/mol. The lowest BCUT2D eigenvalue weighted by Crippen LogP contribution is -2.46. The van der Waals surface area contributed by atoms with Gasteiger partial charge in [0.05, 0.1) is 22.5 Å². The van der Waals surface area contributed by atoms with Crippen LogP contribution in [0.25, 0.3) is 0 Å². The normalized spacial score (nSPS) is 26.9. The van der Waals surface area contributed by atoms with E-state index in [1.54, 1.807) is 0 Å². The van der Waals surface area contributed by atoms with E-state index in [-0.39, 0.29) is 11.5 Å². The van der Waals surface area contributed by atoms with Gasteiger partial charge >= 0.3 is 0 Å². The van der Waals surface area contributed by atoms with Crippen LogP contribution in [0.4, 0.5) is 0 Å². The molecule has 5 heteroatoms. The summed E-state index contributed by atoms with van der Waals surface area (Å²) >= 11 is 6.49. The molecule has 1 aromatic rings. The molecule has 0 bridgehead atoms. The second-order valence-corrected chi connectivity index (χ2v) is 6.26. The zero-order chi connectivity index (χ0) is 14.8. The van der Waals surface area contributed by atoms with E-state index < -0.39 is 0 Å². The zero-order valence-corrected chi connectivity index (χ0v) is 13.3. The van der Waals surface area contributed by atoms with Crippen molar-refractivity contribution in [3.05, 3.63) is 16.4 Å². The molecule has 2 atom stereocenters. The summed E-state index contributed by atoms with van der Waals surface area (Å²) in [5, 5.41) is 15.8. The Morgan fingerprint density at radius 1 is 1.45 bits per heavy atom. The van der Waals surface area contributed by atoms with Crippen molar-refractivity contribution in [1.82, 2.24) is 9.78 Å². The number of hydrogen-bond acceptors (Lipinski definition) is 3. The summed E-state index contributed by atoms with van der Waals surface area (Å²) in [6.07, 6.45) is 5.26. The maximum absolute atomic E-state index is 10.4. The van der Waals surface area contributed by atoms with E-state index in [0.717, 1.165) is 61.5 Å². The molecule has 0 spiro atoms. The quantitative estimate of drug-likeness (QED) is 0.878. The Kier molecular flexibility index (Phi) is 5.10. The highest BCUT2D eigenvalue weighted by Crippen LogP contribution is 2.40. The van der Waals surface area contributed by atoms with Crippen molar-refractivity contribution in [3.8, 4) is 0 Å². The minimum absolute atomic E-state index is 0.236. The molecular weight excluding hydrogens is 274 g/mol. The van der Waals surface area contributed by atoms with Gasteiger partial charge in [0, 0.05) is 24.9 Å². The van der Waals surface area contributed by atoms with Crippen LogP contribution in [0.1, 0.15) is 50.9 Å². The van der Waals surface area contributed by atoms with Gasteiger partial charge in [0.1, 0.15) is 0 Å². The number of rotatable bonds is 5. The van der Waals surface area contributed by atoms with Gasteiger partial charge in [-0.2, -0.15) is 5.10 Å². The fourth-order valence-corrected chi connectivity index (χ4v) is 3.66. The number of aliphatic hydroxyl groups is 1. The molecule has 2 rings (SSSR count). The molecule has 20 heavy (non-hydrogen) atoms. The molecule has 4 nitrogen and oxygen atoms in total. The first-order chi connectivity index (χ1) is 9.57. The lowest BCUT2D eigenvalue weighted by Gasteiger charge is -2.41. The summed E-state index contributed by atoms with van der Waals surface area (Å²) < 4.78 is 1.97. The standard InChI is InChI=1S/C15H26ClN3O/c1-3-11-14(16)12(19(4-2)18-11)9-15(10-17)8-6-5-7-13(15)20/h13,20H,3-10,17H2,1-2H3. The number of aryl methyl sites for hydroxylation is 2. The van der Waals surface area contributed by atoms with Crippen LogP contribution >= 0.6 is 11.6 Å². The maximum Gasteiger partial charge on any atom is 0.0850 e. The molecule has 1 heterocycles. The second-order valence-electron chi connectivity index (χ2n) is 5.88. The number of nitrogens with zero attached hydrogens (tertiary/aromatic N) is 2. The molecule has 0 aromatic carbocycles. The first-order valence-corrected chi connectivity index (χ1v) is 8.08. The molecule has 0 saturated heterocycles. The van der Waals surface area contributed by atoms with Crippen molar-refractivity contribution in [2.24, 2.45) is 11.1 Å². The Bertz CT molecular complexity index is 460. The van der Waals surface area contributed by atoms with Gasteiger partial charge in [-0.25, -0.2) is 0 Å². The number of halogens is 1. The van der Waals surface area contributed by atoms with E-state index in [2.05, 4.69) is 18.9 Å². The van der Waals surface area contributed by atoms with Crippen LogP contribution in [0.5, 0.6) is 0 Å². The number of aromatic nitrogens is 2. The largest absolute Gasteiger partial charge is 0.392 e. The van der Waals surface area contributed by atoms with E-state index in [9.17, 15) is 5.11 Å². The van der Waals surface area contributed by atoms with E-state index in [4.69, 9.17) is 17.3 Å². The van der Waals surface area contributed by atoms with Crippen LogP contribution < -0.4 is 5.73 Å². The van der Waals surface area contributed by atoms with Crippen LogP contribution in [0.15, 0.2) is 0 Å². The van der Waals surface area contributed by atoms with Crippen molar-refractivity contribution in [2.45, 2.75) is 65.0 Å². The van der Waals surface area contributed by atoms with Crippen molar-refractivity contribution < 1.29 is 5.11 Å². The molecular formula is C15H26ClN3O. The minimum Gasteiger partial charge on any atom is -0.392 e. The van der Waals surface area contributed by atoms with Gasteiger partial charge in [-0.3, -0.25) is 4.68 Å². The number of nitrogens with two attached hydrogens (primary N) is 1. The SMILES string of the molecule is CCc1nn(CC)c(CC2(CN)CCCCC2O)c1Cl. The summed E-state index contributed by atoms with van der Waals surface area (Å²) in [7, 11) is 0. The monoisotopic (exact) mass is 299 g/mol. The van der Waals surface area contributed by atoms with Crippen LogP contribution in [0.3, 0.4) is 0 Å². The van der Waals surface area contributed by atoms with Crippen LogP contribution in [0, 0.1) is 5.41 Å². The first kappa shape index (κ1) is 15.8. The fraction of sp³-hybridized carbons (Fsp3) is 0.800. The van der Waals surface area contributed by atoms with Crippen LogP contribution in [0.2, 0.25) is 5.02 Å². The van der Waals surface area contributed by atoms with Crippen molar-refractivity contribution in [1.29, 1.82) is 0 Å². The van der Waals surface area contributed by atoms with Gasteiger partial charge in [-0.1, -0.05) is 31.4 Å². The first-order valence-electron chi connectivity index (χ1n) is 7.70. The second kappa shape index (κ2) is 6.46. The Balaban J connectivity index is 2.33. The predicted octanol–water partition coefficient (Wildman–Crippen LogP) is 2.54. The molecule has 1 aromatic heterocycles. The number of aliphatic hydroxyl groups excluding tert-OH is 1.